The zero-order valence-corrected chi connectivity index (χ0v) is 13.6. The van der Waals surface area contributed by atoms with Gasteiger partial charge in [-0.25, -0.2) is 4.79 Å². The fourth-order valence-corrected chi connectivity index (χ4v) is 3.19. The molecule has 1 aliphatic heterocycles. The van der Waals surface area contributed by atoms with Crippen LogP contribution < -0.4 is 5.32 Å². The van der Waals surface area contributed by atoms with Gasteiger partial charge >= 0.3 is 6.03 Å². The van der Waals surface area contributed by atoms with Crippen LogP contribution in [-0.4, -0.2) is 76.1 Å². The normalized spacial score (nSPS) is 22.3. The number of aliphatic hydroxyl groups is 1. The van der Waals surface area contributed by atoms with Gasteiger partial charge in [0, 0.05) is 57.8 Å². The van der Waals surface area contributed by atoms with Crippen LogP contribution in [0.2, 0.25) is 0 Å². The standard InChI is InChI=1S/C16H27N5O2/c22-11-4-15-13-20(10-9-19(15)12-14-2-3-14)16(23)17-6-8-21-7-1-5-18-21/h1,5,7,14-15,22H,2-4,6,8-13H2,(H,17,23)/t15-/m1/s1. The average molecular weight is 321 g/mol. The molecule has 1 aromatic rings. The molecule has 2 N–H and O–H groups in total. The highest BCUT2D eigenvalue weighted by Gasteiger charge is 2.33. The topological polar surface area (TPSA) is 73.6 Å². The number of aromatic nitrogens is 2. The van der Waals surface area contributed by atoms with Crippen molar-refractivity contribution in [2.24, 2.45) is 5.92 Å². The molecule has 0 radical (unpaired) electrons. The van der Waals surface area contributed by atoms with Crippen molar-refractivity contribution in [3.63, 3.8) is 0 Å². The Kier molecular flexibility index (Phi) is 5.51. The lowest BCUT2D eigenvalue weighted by Crippen LogP contribution is -2.57. The summed E-state index contributed by atoms with van der Waals surface area (Å²) in [6.07, 6.45) is 7.03. The Balaban J connectivity index is 1.44. The van der Waals surface area contributed by atoms with Gasteiger partial charge in [-0.3, -0.25) is 9.58 Å². The molecule has 23 heavy (non-hydrogen) atoms. The third kappa shape index (κ3) is 4.68. The molecule has 0 bridgehead atoms. The lowest BCUT2D eigenvalue weighted by molar-refractivity contribution is 0.0703. The fourth-order valence-electron chi connectivity index (χ4n) is 3.19. The van der Waals surface area contributed by atoms with Crippen molar-refractivity contribution < 1.29 is 9.90 Å². The summed E-state index contributed by atoms with van der Waals surface area (Å²) in [5.41, 5.74) is 0. The first-order chi connectivity index (χ1) is 11.3. The fraction of sp³-hybridized carbons (Fsp3) is 0.750. The number of carbonyl (C=O) groups excluding carboxylic acids is 1. The molecule has 2 amide bonds. The minimum Gasteiger partial charge on any atom is -0.396 e. The van der Waals surface area contributed by atoms with Gasteiger partial charge in [-0.05, 0) is 31.2 Å². The predicted molar refractivity (Wildman–Crippen MR) is 87.0 cm³/mol. The molecule has 0 unspecified atom stereocenters. The summed E-state index contributed by atoms with van der Waals surface area (Å²) in [6, 6.07) is 2.15. The molecule has 1 saturated heterocycles. The Labute approximate surface area is 137 Å². The van der Waals surface area contributed by atoms with Crippen molar-refractivity contribution >= 4 is 6.03 Å². The summed E-state index contributed by atoms with van der Waals surface area (Å²) in [4.78, 5) is 16.7. The van der Waals surface area contributed by atoms with E-state index in [1.165, 1.54) is 12.8 Å². The van der Waals surface area contributed by atoms with Crippen molar-refractivity contribution in [1.29, 1.82) is 0 Å². The molecule has 0 aromatic carbocycles. The van der Waals surface area contributed by atoms with Gasteiger partial charge in [0.15, 0.2) is 0 Å². The molecule has 1 saturated carbocycles. The summed E-state index contributed by atoms with van der Waals surface area (Å²) in [5.74, 6) is 0.839. The molecule has 2 aliphatic rings. The molecule has 1 aromatic heterocycles. The first kappa shape index (κ1) is 16.3. The summed E-state index contributed by atoms with van der Waals surface area (Å²) < 4.78 is 1.81. The number of carbonyl (C=O) groups is 1. The maximum absolute atomic E-state index is 12.3. The number of nitrogens with one attached hydrogen (secondary N) is 1. The van der Waals surface area contributed by atoms with E-state index in [9.17, 15) is 9.90 Å². The van der Waals surface area contributed by atoms with Crippen LogP contribution in [0.3, 0.4) is 0 Å². The first-order valence-electron chi connectivity index (χ1n) is 8.61. The number of hydrogen-bond acceptors (Lipinski definition) is 4. The van der Waals surface area contributed by atoms with Gasteiger partial charge in [0.2, 0.25) is 0 Å². The summed E-state index contributed by atoms with van der Waals surface area (Å²) in [7, 11) is 0. The van der Waals surface area contributed by atoms with Gasteiger partial charge in [0.1, 0.15) is 0 Å². The number of nitrogens with zero attached hydrogens (tertiary/aromatic N) is 4. The SMILES string of the molecule is O=C(NCCn1cccn1)N1CCN(CC2CC2)[C@H](CCO)C1. The van der Waals surface area contributed by atoms with E-state index in [1.807, 2.05) is 21.8 Å². The lowest BCUT2D eigenvalue weighted by Gasteiger charge is -2.41. The van der Waals surface area contributed by atoms with Gasteiger partial charge in [-0.2, -0.15) is 5.10 Å². The highest BCUT2D eigenvalue weighted by Crippen LogP contribution is 2.31. The van der Waals surface area contributed by atoms with E-state index in [2.05, 4.69) is 15.3 Å². The van der Waals surface area contributed by atoms with E-state index in [0.29, 0.717) is 19.6 Å². The third-order valence-electron chi connectivity index (χ3n) is 4.72. The van der Waals surface area contributed by atoms with Crippen LogP contribution in [0.1, 0.15) is 19.3 Å². The van der Waals surface area contributed by atoms with E-state index < -0.39 is 0 Å². The minimum absolute atomic E-state index is 0.00818. The summed E-state index contributed by atoms with van der Waals surface area (Å²) in [5, 5.41) is 16.4. The van der Waals surface area contributed by atoms with Crippen LogP contribution in [0.25, 0.3) is 0 Å². The maximum atomic E-state index is 12.3. The van der Waals surface area contributed by atoms with Crippen molar-refractivity contribution in [2.75, 3.05) is 39.3 Å². The Bertz CT molecular complexity index is 489. The van der Waals surface area contributed by atoms with Crippen LogP contribution in [0, 0.1) is 5.92 Å². The zero-order chi connectivity index (χ0) is 16.1. The van der Waals surface area contributed by atoms with E-state index in [4.69, 9.17) is 0 Å². The Hall–Kier alpha value is -1.60. The molecule has 128 valence electrons. The number of aliphatic hydroxyl groups excluding tert-OH is 1. The second kappa shape index (κ2) is 7.79. The van der Waals surface area contributed by atoms with E-state index in [1.54, 1.807) is 6.20 Å². The molecule has 2 fully saturated rings. The molecule has 7 nitrogen and oxygen atoms in total. The van der Waals surface area contributed by atoms with Gasteiger partial charge < -0.3 is 15.3 Å². The highest BCUT2D eigenvalue weighted by molar-refractivity contribution is 5.74. The van der Waals surface area contributed by atoms with Crippen molar-refractivity contribution in [2.45, 2.75) is 31.8 Å². The van der Waals surface area contributed by atoms with Gasteiger partial charge in [-0.1, -0.05) is 0 Å². The predicted octanol–water partition coefficient (Wildman–Crippen LogP) is 0.371. The second-order valence-corrected chi connectivity index (χ2v) is 6.55. The van der Waals surface area contributed by atoms with Crippen molar-refractivity contribution in [1.82, 2.24) is 24.9 Å². The summed E-state index contributed by atoms with van der Waals surface area (Å²) in [6.45, 7) is 4.95. The Morgan fingerprint density at radius 2 is 2.22 bits per heavy atom. The van der Waals surface area contributed by atoms with E-state index in [-0.39, 0.29) is 18.7 Å². The number of amides is 2. The smallest absolute Gasteiger partial charge is 0.317 e. The molecule has 1 atom stereocenters. The molecule has 0 spiro atoms. The van der Waals surface area contributed by atoms with Crippen molar-refractivity contribution in [3.05, 3.63) is 18.5 Å². The number of piperazine rings is 1. The summed E-state index contributed by atoms with van der Waals surface area (Å²) >= 11 is 0. The molecule has 7 heteroatoms. The van der Waals surface area contributed by atoms with Crippen LogP contribution in [0.4, 0.5) is 4.79 Å². The second-order valence-electron chi connectivity index (χ2n) is 6.55. The molecule has 1 aliphatic carbocycles. The maximum Gasteiger partial charge on any atom is 0.317 e. The highest BCUT2D eigenvalue weighted by atomic mass is 16.3. The molecule has 2 heterocycles. The average Bonchev–Trinajstić information content (AvgIpc) is 3.21. The third-order valence-corrected chi connectivity index (χ3v) is 4.72. The molecular weight excluding hydrogens is 294 g/mol. The van der Waals surface area contributed by atoms with Gasteiger partial charge in [0.05, 0.1) is 6.54 Å². The molecule has 3 rings (SSSR count). The number of hydrogen-bond donors (Lipinski definition) is 2. The van der Waals surface area contributed by atoms with Crippen molar-refractivity contribution in [3.8, 4) is 0 Å². The number of urea groups is 1. The molecular formula is C16H27N5O2. The Morgan fingerprint density at radius 3 is 2.91 bits per heavy atom. The largest absolute Gasteiger partial charge is 0.396 e. The van der Waals surface area contributed by atoms with Crippen LogP contribution in [0.15, 0.2) is 18.5 Å². The van der Waals surface area contributed by atoms with Gasteiger partial charge in [-0.15, -0.1) is 0 Å². The monoisotopic (exact) mass is 321 g/mol. The Morgan fingerprint density at radius 1 is 1.35 bits per heavy atom. The zero-order valence-electron chi connectivity index (χ0n) is 13.6. The van der Waals surface area contributed by atoms with E-state index >= 15 is 0 Å². The van der Waals surface area contributed by atoms with Crippen LogP contribution in [0.5, 0.6) is 0 Å². The quantitative estimate of drug-likeness (QED) is 0.761. The number of rotatable bonds is 7. The lowest BCUT2D eigenvalue weighted by atomic mass is 10.1. The van der Waals surface area contributed by atoms with Gasteiger partial charge in [0.25, 0.3) is 0 Å². The van der Waals surface area contributed by atoms with Crippen LogP contribution >= 0.6 is 0 Å². The van der Waals surface area contributed by atoms with E-state index in [0.717, 1.165) is 32.0 Å². The van der Waals surface area contributed by atoms with Crippen LogP contribution in [-0.2, 0) is 6.54 Å². The first-order valence-corrected chi connectivity index (χ1v) is 8.61. The minimum atomic E-state index is -0.00818.